The Morgan fingerprint density at radius 2 is 0.958 bits per heavy atom. The zero-order chi connectivity index (χ0) is 17.2. The molecular weight excluding hydrogens is 454 g/mol. The summed E-state index contributed by atoms with van der Waals surface area (Å²) >= 11 is -3.64. The predicted octanol–water partition coefficient (Wildman–Crippen LogP) is 6.79. The molecule has 138 valence electrons. The van der Waals surface area contributed by atoms with Crippen LogP contribution in [0.2, 0.25) is 4.63 Å². The maximum atomic E-state index is 7.70. The molecule has 0 saturated carbocycles. The third-order valence-electron chi connectivity index (χ3n) is 6.67. The Morgan fingerprint density at radius 1 is 0.708 bits per heavy atom. The molecule has 2 rings (SSSR count). The third-order valence-corrected chi connectivity index (χ3v) is 24.4. The molecule has 24 heavy (non-hydrogen) atoms. The second-order valence-electron chi connectivity index (χ2n) is 7.98. The molecule has 0 N–H and O–H groups in total. The van der Waals surface area contributed by atoms with E-state index in [-0.39, 0.29) is 24.8 Å². The van der Waals surface area contributed by atoms with Crippen molar-refractivity contribution in [3.05, 3.63) is 40.0 Å². The minimum absolute atomic E-state index is 0. The normalized spacial score (nSPS) is 25.5. The number of hydrogen-bond acceptors (Lipinski definition) is 0. The molecule has 0 fully saturated rings. The monoisotopic (exact) mass is 484 g/mol. The molecule has 2 aliphatic carbocycles. The van der Waals surface area contributed by atoms with Crippen molar-refractivity contribution >= 4 is 40.2 Å². The fourth-order valence-electron chi connectivity index (χ4n) is 4.96. The first-order chi connectivity index (χ1) is 9.81. The standard InChI is InChI=1S/2C9H13.CH3.3ClH.H2Si.Zr/c2*1-6-5-7(2)9(4)8(6)3;;;;;;/h2*6H,1-4H3;1H3;3*1H;1H2;/q;;;;;;;+1/p-1. The van der Waals surface area contributed by atoms with E-state index in [2.05, 4.69) is 66.9 Å². The van der Waals surface area contributed by atoms with Gasteiger partial charge in [0.1, 0.15) is 0 Å². The molecule has 0 amide bonds. The van der Waals surface area contributed by atoms with E-state index in [4.69, 9.17) is 8.51 Å². The molecule has 0 bridgehead atoms. The van der Waals surface area contributed by atoms with E-state index in [0.717, 1.165) is 0 Å². The van der Waals surface area contributed by atoms with Crippen molar-refractivity contribution in [1.29, 1.82) is 0 Å². The van der Waals surface area contributed by atoms with Crippen molar-refractivity contribution in [1.82, 2.24) is 0 Å². The second-order valence-corrected chi connectivity index (χ2v) is 38.9. The molecule has 2 aliphatic rings. The summed E-state index contributed by atoms with van der Waals surface area (Å²) in [5.74, 6) is 1.03. The van der Waals surface area contributed by atoms with E-state index < -0.39 is 16.2 Å². The first kappa shape index (κ1) is 24.9. The van der Waals surface area contributed by atoms with Crippen LogP contribution in [0.4, 0.5) is 0 Å². The smallest absolute Gasteiger partial charge is 0.147 e. The molecule has 0 heterocycles. The van der Waals surface area contributed by atoms with Crippen molar-refractivity contribution in [2.45, 2.75) is 60.0 Å². The Labute approximate surface area is 167 Å². The van der Waals surface area contributed by atoms with Gasteiger partial charge < -0.3 is 0 Å². The fraction of sp³-hybridized carbons (Fsp3) is 0.579. The van der Waals surface area contributed by atoms with E-state index in [1.807, 2.05) is 0 Å². The molecule has 0 spiro atoms. The van der Waals surface area contributed by atoms with Gasteiger partial charge in [-0.15, -0.1) is 24.8 Å². The largest absolute Gasteiger partial charge is 0.147 e. The fourth-order valence-corrected chi connectivity index (χ4v) is 28.3. The van der Waals surface area contributed by atoms with Gasteiger partial charge in [-0.25, -0.2) is 0 Å². The van der Waals surface area contributed by atoms with Crippen molar-refractivity contribution in [2.75, 3.05) is 0 Å². The van der Waals surface area contributed by atoms with E-state index in [0.29, 0.717) is 11.8 Å². The van der Waals surface area contributed by atoms with Gasteiger partial charge in [-0.05, 0) is 0 Å². The van der Waals surface area contributed by atoms with Gasteiger partial charge in [0.25, 0.3) is 0 Å². The van der Waals surface area contributed by atoms with E-state index in [9.17, 15) is 0 Å². The first-order valence-electron chi connectivity index (χ1n) is 8.35. The summed E-state index contributed by atoms with van der Waals surface area (Å²) < 4.78 is 5.67. The molecule has 2 atom stereocenters. The third kappa shape index (κ3) is 3.40. The minimum Gasteiger partial charge on any atom is -0.147 e. The summed E-state index contributed by atoms with van der Waals surface area (Å²) in [6.07, 6.45) is 0. The van der Waals surface area contributed by atoms with Gasteiger partial charge in [0.05, 0.1) is 0 Å². The number of rotatable bonds is 2. The molecule has 0 aromatic heterocycles. The summed E-state index contributed by atoms with van der Waals surface area (Å²) in [7, 11) is 7.70. The molecule has 0 aromatic rings. The van der Waals surface area contributed by atoms with Gasteiger partial charge in [0.2, 0.25) is 0 Å². The van der Waals surface area contributed by atoms with Crippen LogP contribution in [-0.2, 0) is 16.2 Å². The minimum atomic E-state index is -3.64. The van der Waals surface area contributed by atoms with Gasteiger partial charge in [0.15, 0.2) is 0 Å². The second kappa shape index (κ2) is 7.51. The van der Waals surface area contributed by atoms with Crippen LogP contribution in [0, 0.1) is 11.8 Å². The average Bonchev–Trinajstić information content (AvgIpc) is 2.71. The summed E-state index contributed by atoms with van der Waals surface area (Å²) in [6, 6.07) is 0. The van der Waals surface area contributed by atoms with Crippen LogP contribution in [0.1, 0.15) is 55.4 Å². The molecular formula is C19H33Cl3SiZr. The van der Waals surface area contributed by atoms with Crippen molar-refractivity contribution in [3.63, 3.8) is 0 Å². The molecule has 0 radical (unpaired) electrons. The Balaban J connectivity index is 0.00000264. The number of halogens is 3. The molecule has 0 nitrogen and oxygen atoms in total. The quantitative estimate of drug-likeness (QED) is 0.377. The predicted molar refractivity (Wildman–Crippen MR) is 115 cm³/mol. The number of allylic oxidation sites excluding steroid dienone is 8. The van der Waals surface area contributed by atoms with Gasteiger partial charge in [-0.1, -0.05) is 0 Å². The Morgan fingerprint density at radius 3 is 1.12 bits per heavy atom. The van der Waals surface area contributed by atoms with Crippen LogP contribution in [0.25, 0.3) is 0 Å². The van der Waals surface area contributed by atoms with Crippen LogP contribution in [0.3, 0.4) is 0 Å². The van der Waals surface area contributed by atoms with Gasteiger partial charge in [0, 0.05) is 0 Å². The SMILES string of the molecule is CC1=C(C)C(C)[C]([Zr]([CH3])(=[SiH2])([Cl])[C]2=C(C)C(C)=C(C)C2C)=C1C.Cl.Cl. The first-order valence-corrected chi connectivity index (χ1v) is 22.4. The summed E-state index contributed by atoms with van der Waals surface area (Å²) in [5.41, 5.74) is 8.96. The van der Waals surface area contributed by atoms with Crippen LogP contribution < -0.4 is 0 Å². The number of hydrogen-bond donors (Lipinski definition) is 0. The Bertz CT molecular complexity index is 701. The topological polar surface area (TPSA) is 0 Å². The van der Waals surface area contributed by atoms with E-state index in [1.54, 1.807) is 6.56 Å². The van der Waals surface area contributed by atoms with Gasteiger partial charge >= 0.3 is 143 Å². The maximum absolute atomic E-state index is 7.70. The van der Waals surface area contributed by atoms with E-state index in [1.165, 1.54) is 33.4 Å². The van der Waals surface area contributed by atoms with Crippen LogP contribution in [-0.4, -0.2) is 6.88 Å². The van der Waals surface area contributed by atoms with Gasteiger partial charge in [-0.3, -0.25) is 0 Å². The van der Waals surface area contributed by atoms with Crippen molar-refractivity contribution in [3.8, 4) is 0 Å². The Kier molecular flexibility index (Phi) is 7.80. The maximum Gasteiger partial charge on any atom is -0.147 e. The zero-order valence-electron chi connectivity index (χ0n) is 16.6. The van der Waals surface area contributed by atoms with Crippen LogP contribution >= 0.6 is 33.3 Å². The Hall–Kier alpha value is 0.930. The average molecular weight is 487 g/mol. The molecule has 0 saturated heterocycles. The van der Waals surface area contributed by atoms with E-state index >= 15 is 0 Å². The molecule has 0 aliphatic heterocycles. The molecule has 2 unspecified atom stereocenters. The van der Waals surface area contributed by atoms with Gasteiger partial charge in [-0.2, -0.15) is 0 Å². The molecule has 0 aromatic carbocycles. The summed E-state index contributed by atoms with van der Waals surface area (Å²) in [5, 5.41) is 0. The van der Waals surface area contributed by atoms with Crippen LogP contribution in [0.5, 0.6) is 0 Å². The van der Waals surface area contributed by atoms with Crippen molar-refractivity contribution < 1.29 is 16.2 Å². The molecule has 5 heteroatoms. The zero-order valence-corrected chi connectivity index (χ0v) is 22.8. The van der Waals surface area contributed by atoms with Crippen LogP contribution in [0.15, 0.2) is 40.0 Å². The summed E-state index contributed by atoms with van der Waals surface area (Å²) in [4.78, 5) is 0. The summed E-state index contributed by atoms with van der Waals surface area (Å²) in [6.45, 7) is 20.6. The van der Waals surface area contributed by atoms with Crippen molar-refractivity contribution in [2.24, 2.45) is 11.8 Å².